The standard InChI is InChI=1S/C12H18N2OS.C2H6/c1-10(2)11-6-5-7-12(13-11)16(15)14-8-3-4-9-14;1-2/h5-7,10H,3-4,8-9H2,1-2H3;1-2H3. The Kier molecular flexibility index (Phi) is 6.50. The molecule has 0 radical (unpaired) electrons. The van der Waals surface area contributed by atoms with E-state index >= 15 is 0 Å². The fourth-order valence-corrected chi connectivity index (χ4v) is 3.07. The van der Waals surface area contributed by atoms with Crippen LogP contribution in [0.2, 0.25) is 0 Å². The summed E-state index contributed by atoms with van der Waals surface area (Å²) in [4.78, 5) is 4.47. The van der Waals surface area contributed by atoms with Gasteiger partial charge in [0.2, 0.25) is 0 Å². The van der Waals surface area contributed by atoms with E-state index in [1.165, 1.54) is 0 Å². The number of pyridine rings is 1. The molecule has 0 bridgehead atoms. The summed E-state index contributed by atoms with van der Waals surface area (Å²) < 4.78 is 14.2. The Labute approximate surface area is 113 Å². The van der Waals surface area contributed by atoms with Crippen LogP contribution < -0.4 is 0 Å². The van der Waals surface area contributed by atoms with Gasteiger partial charge in [0.1, 0.15) is 16.0 Å². The van der Waals surface area contributed by atoms with Gasteiger partial charge in [-0.2, -0.15) is 0 Å². The summed E-state index contributed by atoms with van der Waals surface area (Å²) >= 11 is 0. The lowest BCUT2D eigenvalue weighted by Gasteiger charge is -2.14. The lowest BCUT2D eigenvalue weighted by Crippen LogP contribution is -2.23. The van der Waals surface area contributed by atoms with Crippen LogP contribution in [0.5, 0.6) is 0 Å². The first kappa shape index (κ1) is 15.3. The molecule has 0 aliphatic carbocycles. The summed E-state index contributed by atoms with van der Waals surface area (Å²) in [5, 5.41) is 0.702. The minimum Gasteiger partial charge on any atom is -0.242 e. The summed E-state index contributed by atoms with van der Waals surface area (Å²) in [6.45, 7) is 10.1. The molecule has 0 spiro atoms. The third-order valence-corrected chi connectivity index (χ3v) is 4.23. The van der Waals surface area contributed by atoms with E-state index in [4.69, 9.17) is 0 Å². The van der Waals surface area contributed by atoms with Crippen molar-refractivity contribution in [3.05, 3.63) is 23.9 Å². The predicted octanol–water partition coefficient (Wildman–Crippen LogP) is 3.35. The van der Waals surface area contributed by atoms with Crippen molar-refractivity contribution in [3.63, 3.8) is 0 Å². The van der Waals surface area contributed by atoms with E-state index in [1.807, 2.05) is 36.4 Å². The third-order valence-electron chi connectivity index (χ3n) is 2.82. The van der Waals surface area contributed by atoms with Crippen LogP contribution in [0, 0.1) is 0 Å². The average Bonchev–Trinajstić information content (AvgIpc) is 2.94. The molecule has 102 valence electrons. The van der Waals surface area contributed by atoms with Crippen molar-refractivity contribution in [2.75, 3.05) is 13.1 Å². The van der Waals surface area contributed by atoms with Crippen molar-refractivity contribution >= 4 is 11.0 Å². The Morgan fingerprint density at radius 2 is 1.83 bits per heavy atom. The van der Waals surface area contributed by atoms with Gasteiger partial charge in [0.05, 0.1) is 0 Å². The van der Waals surface area contributed by atoms with Crippen LogP contribution in [0.3, 0.4) is 0 Å². The molecule has 1 saturated heterocycles. The number of nitrogens with zero attached hydrogens (tertiary/aromatic N) is 2. The van der Waals surface area contributed by atoms with Gasteiger partial charge >= 0.3 is 0 Å². The molecule has 1 aliphatic rings. The van der Waals surface area contributed by atoms with Gasteiger partial charge < -0.3 is 0 Å². The van der Waals surface area contributed by atoms with E-state index < -0.39 is 11.0 Å². The van der Waals surface area contributed by atoms with Crippen molar-refractivity contribution in [1.82, 2.24) is 9.29 Å². The minimum atomic E-state index is -1.06. The Balaban J connectivity index is 0.000000771. The van der Waals surface area contributed by atoms with Gasteiger partial charge in [0, 0.05) is 18.8 Å². The molecule has 2 rings (SSSR count). The van der Waals surface area contributed by atoms with E-state index in [1.54, 1.807) is 0 Å². The average molecular weight is 268 g/mol. The number of hydrogen-bond acceptors (Lipinski definition) is 2. The predicted molar refractivity (Wildman–Crippen MR) is 76.9 cm³/mol. The molecule has 0 aromatic carbocycles. The molecule has 1 fully saturated rings. The van der Waals surface area contributed by atoms with Crippen LogP contribution in [0.1, 0.15) is 52.1 Å². The summed E-state index contributed by atoms with van der Waals surface area (Å²) in [7, 11) is -1.06. The third kappa shape index (κ3) is 3.89. The molecule has 0 saturated carbocycles. The zero-order valence-electron chi connectivity index (χ0n) is 11.8. The molecule has 0 amide bonds. The first-order chi connectivity index (χ1) is 8.68. The van der Waals surface area contributed by atoms with Gasteiger partial charge in [-0.1, -0.05) is 33.8 Å². The fourth-order valence-electron chi connectivity index (χ4n) is 1.84. The molecule has 1 aromatic rings. The van der Waals surface area contributed by atoms with Gasteiger partial charge in [-0.25, -0.2) is 13.5 Å². The van der Waals surface area contributed by atoms with Crippen molar-refractivity contribution in [2.24, 2.45) is 0 Å². The maximum atomic E-state index is 12.2. The topological polar surface area (TPSA) is 33.2 Å². The minimum absolute atomic E-state index is 0.385. The largest absolute Gasteiger partial charge is 0.242 e. The molecule has 0 N–H and O–H groups in total. The summed E-state index contributed by atoms with van der Waals surface area (Å²) in [5.41, 5.74) is 1.02. The van der Waals surface area contributed by atoms with Crippen LogP contribution >= 0.6 is 0 Å². The Morgan fingerprint density at radius 1 is 1.22 bits per heavy atom. The van der Waals surface area contributed by atoms with E-state index in [0.717, 1.165) is 31.6 Å². The molecule has 1 unspecified atom stereocenters. The molecule has 1 aliphatic heterocycles. The highest BCUT2D eigenvalue weighted by molar-refractivity contribution is 7.82. The van der Waals surface area contributed by atoms with Gasteiger partial charge in [-0.15, -0.1) is 0 Å². The Hall–Kier alpha value is -0.740. The number of hydrogen-bond donors (Lipinski definition) is 0. The van der Waals surface area contributed by atoms with Crippen LogP contribution in [0.4, 0.5) is 0 Å². The smallest absolute Gasteiger partial charge is 0.146 e. The SMILES string of the molecule is CC.CC(C)c1cccc(S(=O)N2CCCC2)n1. The summed E-state index contributed by atoms with van der Waals surface area (Å²) in [5.74, 6) is 0.385. The molecule has 4 heteroatoms. The van der Waals surface area contributed by atoms with Crippen molar-refractivity contribution < 1.29 is 4.21 Å². The summed E-state index contributed by atoms with van der Waals surface area (Å²) in [6.07, 6.45) is 2.30. The summed E-state index contributed by atoms with van der Waals surface area (Å²) in [6, 6.07) is 5.81. The van der Waals surface area contributed by atoms with Crippen LogP contribution in [-0.2, 0) is 11.0 Å². The second-order valence-corrected chi connectivity index (χ2v) is 5.87. The number of rotatable bonds is 3. The second-order valence-electron chi connectivity index (χ2n) is 4.44. The molecular weight excluding hydrogens is 244 g/mol. The van der Waals surface area contributed by atoms with Crippen molar-refractivity contribution in [2.45, 2.75) is 51.5 Å². The van der Waals surface area contributed by atoms with Gasteiger partial charge in [0.15, 0.2) is 0 Å². The van der Waals surface area contributed by atoms with Crippen molar-refractivity contribution in [3.8, 4) is 0 Å². The van der Waals surface area contributed by atoms with Crippen LogP contribution in [0.15, 0.2) is 23.2 Å². The molecular formula is C14H24N2OS. The van der Waals surface area contributed by atoms with E-state index in [9.17, 15) is 4.21 Å². The fraction of sp³-hybridized carbons (Fsp3) is 0.643. The van der Waals surface area contributed by atoms with Crippen molar-refractivity contribution in [1.29, 1.82) is 0 Å². The quantitative estimate of drug-likeness (QED) is 0.842. The van der Waals surface area contributed by atoms with Gasteiger partial charge in [-0.3, -0.25) is 0 Å². The normalized spacial score (nSPS) is 17.4. The van der Waals surface area contributed by atoms with E-state index in [0.29, 0.717) is 10.9 Å². The zero-order valence-corrected chi connectivity index (χ0v) is 12.7. The Morgan fingerprint density at radius 3 is 2.39 bits per heavy atom. The van der Waals surface area contributed by atoms with Crippen LogP contribution in [0.25, 0.3) is 0 Å². The zero-order chi connectivity index (χ0) is 13.5. The first-order valence-corrected chi connectivity index (χ1v) is 7.93. The Bertz CT molecular complexity index is 387. The van der Waals surface area contributed by atoms with E-state index in [-0.39, 0.29) is 0 Å². The highest BCUT2D eigenvalue weighted by Gasteiger charge is 2.20. The molecule has 3 nitrogen and oxygen atoms in total. The number of aromatic nitrogens is 1. The maximum Gasteiger partial charge on any atom is 0.146 e. The van der Waals surface area contributed by atoms with Crippen LogP contribution in [-0.4, -0.2) is 26.6 Å². The molecule has 1 atom stereocenters. The highest BCUT2D eigenvalue weighted by Crippen LogP contribution is 2.18. The molecule has 18 heavy (non-hydrogen) atoms. The lowest BCUT2D eigenvalue weighted by molar-refractivity contribution is 0.532. The monoisotopic (exact) mass is 268 g/mol. The first-order valence-electron chi connectivity index (χ1n) is 6.82. The second kappa shape index (κ2) is 7.64. The highest BCUT2D eigenvalue weighted by atomic mass is 32.2. The van der Waals surface area contributed by atoms with E-state index in [2.05, 4.69) is 18.8 Å². The molecule has 1 aromatic heterocycles. The van der Waals surface area contributed by atoms with Gasteiger partial charge in [-0.05, 0) is 30.9 Å². The lowest BCUT2D eigenvalue weighted by atomic mass is 10.1. The van der Waals surface area contributed by atoms with Gasteiger partial charge in [0.25, 0.3) is 0 Å². The molecule has 2 heterocycles. The maximum absolute atomic E-state index is 12.2.